The van der Waals surface area contributed by atoms with Gasteiger partial charge in [-0.25, -0.2) is 0 Å². The van der Waals surface area contributed by atoms with E-state index in [0.29, 0.717) is 5.92 Å². The Labute approximate surface area is 120 Å². The Morgan fingerprint density at radius 2 is 2.00 bits per heavy atom. The first kappa shape index (κ1) is 14.9. The molecule has 110 valence electrons. The van der Waals surface area contributed by atoms with Crippen LogP contribution >= 0.6 is 0 Å². The molecule has 4 heteroatoms. The number of hydrogen-bond donors (Lipinski definition) is 2. The van der Waals surface area contributed by atoms with Gasteiger partial charge in [0.1, 0.15) is 5.75 Å². The molecule has 1 aromatic rings. The monoisotopic (exact) mass is 276 g/mol. The summed E-state index contributed by atoms with van der Waals surface area (Å²) in [5, 5.41) is 2.84. The lowest BCUT2D eigenvalue weighted by Crippen LogP contribution is -2.26. The van der Waals surface area contributed by atoms with Crippen molar-refractivity contribution >= 4 is 11.6 Å². The molecule has 20 heavy (non-hydrogen) atoms. The van der Waals surface area contributed by atoms with Crippen molar-refractivity contribution in [2.75, 3.05) is 11.9 Å². The summed E-state index contributed by atoms with van der Waals surface area (Å²) >= 11 is 0. The molecule has 1 aliphatic rings. The summed E-state index contributed by atoms with van der Waals surface area (Å²) < 4.78 is 5.37. The van der Waals surface area contributed by atoms with Crippen LogP contribution in [0.25, 0.3) is 0 Å². The smallest absolute Gasteiger partial charge is 0.262 e. The van der Waals surface area contributed by atoms with Gasteiger partial charge in [0.2, 0.25) is 0 Å². The highest BCUT2D eigenvalue weighted by molar-refractivity contribution is 5.95. The van der Waals surface area contributed by atoms with Crippen molar-refractivity contribution < 1.29 is 9.53 Å². The van der Waals surface area contributed by atoms with Crippen LogP contribution in [0.5, 0.6) is 5.75 Å². The van der Waals surface area contributed by atoms with Crippen LogP contribution in [0, 0.1) is 5.92 Å². The van der Waals surface area contributed by atoms with Crippen molar-refractivity contribution in [3.63, 3.8) is 0 Å². The number of fused-ring (bicyclic) bond motifs is 1. The van der Waals surface area contributed by atoms with Crippen molar-refractivity contribution in [3.05, 3.63) is 23.8 Å². The predicted octanol–water partition coefficient (Wildman–Crippen LogP) is 3.23. The molecule has 0 spiro atoms. The molecule has 0 saturated heterocycles. The van der Waals surface area contributed by atoms with Crippen LogP contribution in [0.2, 0.25) is 0 Å². The second kappa shape index (κ2) is 6.75. The first-order valence-electron chi connectivity index (χ1n) is 7.47. The van der Waals surface area contributed by atoms with E-state index in [-0.39, 0.29) is 18.6 Å². The highest BCUT2D eigenvalue weighted by atomic mass is 16.5. The van der Waals surface area contributed by atoms with Gasteiger partial charge in [0.05, 0.1) is 5.69 Å². The minimum Gasteiger partial charge on any atom is -0.482 e. The standard InChI is InChI=1S/C16H24N2O2/c1-3-5-11(6-4-2)16(17)12-7-8-14-13(9-12)18-15(19)10-20-14/h7-9,11,16H,3-6,10,17H2,1-2H3,(H,18,19). The molecule has 0 aliphatic carbocycles. The fraction of sp³-hybridized carbons (Fsp3) is 0.562. The normalized spacial score (nSPS) is 15.5. The van der Waals surface area contributed by atoms with Crippen LogP contribution in [-0.4, -0.2) is 12.5 Å². The number of benzene rings is 1. The van der Waals surface area contributed by atoms with Crippen LogP contribution in [0.4, 0.5) is 5.69 Å². The van der Waals surface area contributed by atoms with E-state index in [1.54, 1.807) is 0 Å². The first-order chi connectivity index (χ1) is 9.65. The lowest BCUT2D eigenvalue weighted by Gasteiger charge is -2.25. The van der Waals surface area contributed by atoms with E-state index in [2.05, 4.69) is 19.2 Å². The Morgan fingerprint density at radius 3 is 2.65 bits per heavy atom. The van der Waals surface area contributed by atoms with E-state index in [9.17, 15) is 4.79 Å². The topological polar surface area (TPSA) is 64.3 Å². The molecule has 0 saturated carbocycles. The number of nitrogens with two attached hydrogens (primary N) is 1. The van der Waals surface area contributed by atoms with Gasteiger partial charge in [-0.2, -0.15) is 0 Å². The predicted molar refractivity (Wildman–Crippen MR) is 80.8 cm³/mol. The second-order valence-corrected chi connectivity index (χ2v) is 5.46. The van der Waals surface area contributed by atoms with Crippen LogP contribution in [0.3, 0.4) is 0 Å². The van der Waals surface area contributed by atoms with Crippen molar-refractivity contribution in [3.8, 4) is 5.75 Å². The van der Waals surface area contributed by atoms with Gasteiger partial charge >= 0.3 is 0 Å². The summed E-state index contributed by atoms with van der Waals surface area (Å²) in [5.74, 6) is 1.10. The zero-order valence-corrected chi connectivity index (χ0v) is 12.3. The Kier molecular flexibility index (Phi) is 5.01. The van der Waals surface area contributed by atoms with Crippen LogP contribution < -0.4 is 15.8 Å². The van der Waals surface area contributed by atoms with Gasteiger partial charge in [-0.05, 0) is 36.5 Å². The number of ether oxygens (including phenoxy) is 1. The van der Waals surface area contributed by atoms with E-state index in [1.165, 1.54) is 0 Å². The summed E-state index contributed by atoms with van der Waals surface area (Å²) in [6.45, 7) is 4.47. The molecule has 1 aliphatic heterocycles. The maximum absolute atomic E-state index is 11.4. The lowest BCUT2D eigenvalue weighted by molar-refractivity contribution is -0.118. The molecule has 3 N–H and O–H groups in total. The molecule has 0 fully saturated rings. The van der Waals surface area contributed by atoms with Gasteiger partial charge in [-0.15, -0.1) is 0 Å². The Hall–Kier alpha value is -1.55. The van der Waals surface area contributed by atoms with E-state index in [4.69, 9.17) is 10.5 Å². The van der Waals surface area contributed by atoms with Gasteiger partial charge < -0.3 is 15.8 Å². The SMILES string of the molecule is CCCC(CCC)C(N)c1ccc2c(c1)NC(=O)CO2. The molecule has 1 amide bonds. The number of amides is 1. The fourth-order valence-corrected chi connectivity index (χ4v) is 2.83. The molecule has 0 radical (unpaired) electrons. The van der Waals surface area contributed by atoms with E-state index in [0.717, 1.165) is 42.7 Å². The molecule has 1 unspecified atom stereocenters. The molecule has 1 aromatic carbocycles. The second-order valence-electron chi connectivity index (χ2n) is 5.46. The number of carbonyl (C=O) groups excluding carboxylic acids is 1. The lowest BCUT2D eigenvalue weighted by atomic mass is 9.86. The number of hydrogen-bond acceptors (Lipinski definition) is 3. The van der Waals surface area contributed by atoms with Gasteiger partial charge in [0.15, 0.2) is 6.61 Å². The minimum absolute atomic E-state index is 0.0130. The third-order valence-corrected chi connectivity index (χ3v) is 3.85. The van der Waals surface area contributed by atoms with E-state index < -0.39 is 0 Å². The zero-order valence-electron chi connectivity index (χ0n) is 12.3. The van der Waals surface area contributed by atoms with Crippen LogP contribution in [0.1, 0.15) is 51.1 Å². The van der Waals surface area contributed by atoms with Crippen molar-refractivity contribution in [2.24, 2.45) is 11.7 Å². The van der Waals surface area contributed by atoms with Gasteiger partial charge in [-0.1, -0.05) is 32.8 Å². The molecular formula is C16H24N2O2. The Balaban J connectivity index is 2.19. The summed E-state index contributed by atoms with van der Waals surface area (Å²) in [6.07, 6.45) is 4.55. The van der Waals surface area contributed by atoms with E-state index >= 15 is 0 Å². The van der Waals surface area contributed by atoms with Crippen LogP contribution in [-0.2, 0) is 4.79 Å². The summed E-state index contributed by atoms with van der Waals surface area (Å²) in [6, 6.07) is 5.88. The van der Waals surface area contributed by atoms with Gasteiger partial charge in [-0.3, -0.25) is 4.79 Å². The maximum Gasteiger partial charge on any atom is 0.262 e. The van der Waals surface area contributed by atoms with Crippen molar-refractivity contribution in [2.45, 2.75) is 45.6 Å². The number of nitrogens with one attached hydrogen (secondary N) is 1. The maximum atomic E-state index is 11.4. The number of carbonyl (C=O) groups is 1. The number of rotatable bonds is 6. The highest BCUT2D eigenvalue weighted by Crippen LogP contribution is 2.34. The Morgan fingerprint density at radius 1 is 1.30 bits per heavy atom. The number of anilines is 1. The molecule has 1 heterocycles. The third kappa shape index (κ3) is 3.31. The molecule has 0 bridgehead atoms. The molecule has 4 nitrogen and oxygen atoms in total. The fourth-order valence-electron chi connectivity index (χ4n) is 2.83. The van der Waals surface area contributed by atoms with E-state index in [1.807, 2.05) is 18.2 Å². The van der Waals surface area contributed by atoms with Crippen molar-refractivity contribution in [1.82, 2.24) is 0 Å². The highest BCUT2D eigenvalue weighted by Gasteiger charge is 2.21. The quantitative estimate of drug-likeness (QED) is 0.838. The van der Waals surface area contributed by atoms with Crippen LogP contribution in [0.15, 0.2) is 18.2 Å². The van der Waals surface area contributed by atoms with Crippen molar-refractivity contribution in [1.29, 1.82) is 0 Å². The molecule has 1 atom stereocenters. The molecule has 0 aromatic heterocycles. The minimum atomic E-state index is -0.109. The van der Waals surface area contributed by atoms with Gasteiger partial charge in [0.25, 0.3) is 5.91 Å². The summed E-state index contributed by atoms with van der Waals surface area (Å²) in [5.41, 5.74) is 8.23. The average Bonchev–Trinajstić information content (AvgIpc) is 2.45. The summed E-state index contributed by atoms with van der Waals surface area (Å²) in [4.78, 5) is 11.4. The molecule has 2 rings (SSSR count). The third-order valence-electron chi connectivity index (χ3n) is 3.85. The Bertz CT molecular complexity index is 468. The van der Waals surface area contributed by atoms with Gasteiger partial charge in [0, 0.05) is 6.04 Å². The largest absolute Gasteiger partial charge is 0.482 e. The average molecular weight is 276 g/mol. The summed E-state index contributed by atoms with van der Waals surface area (Å²) in [7, 11) is 0. The first-order valence-corrected chi connectivity index (χ1v) is 7.47. The molecular weight excluding hydrogens is 252 g/mol. The zero-order chi connectivity index (χ0) is 14.5.